The van der Waals surface area contributed by atoms with Gasteiger partial charge in [-0.1, -0.05) is 24.3 Å². The second-order valence-corrected chi connectivity index (χ2v) is 8.10. The van der Waals surface area contributed by atoms with Gasteiger partial charge in [0, 0.05) is 5.39 Å². The number of hydrogen-bond donors (Lipinski definition) is 1. The van der Waals surface area contributed by atoms with Crippen LogP contribution < -0.4 is 9.04 Å². The van der Waals surface area contributed by atoms with Crippen LogP contribution in [0.3, 0.4) is 0 Å². The zero-order chi connectivity index (χ0) is 19.0. The molecule has 3 aromatic rings. The fourth-order valence-corrected chi connectivity index (χ4v) is 4.96. The topological polar surface area (TPSA) is 90.6 Å². The quantitative estimate of drug-likeness (QED) is 0.735. The van der Waals surface area contributed by atoms with E-state index in [1.54, 1.807) is 48.5 Å². The molecule has 0 saturated carbocycles. The second kappa shape index (κ2) is 6.58. The first-order valence-corrected chi connectivity index (χ1v) is 9.80. The van der Waals surface area contributed by atoms with Gasteiger partial charge < -0.3 is 9.84 Å². The number of aliphatic hydroxyl groups excluding tert-OH is 1. The molecule has 1 heterocycles. The van der Waals surface area contributed by atoms with Crippen molar-refractivity contribution in [2.75, 3.05) is 17.5 Å². The van der Waals surface area contributed by atoms with Crippen LogP contribution in [0.5, 0.6) is 5.75 Å². The summed E-state index contributed by atoms with van der Waals surface area (Å²) in [5.74, 6) is 0.503. The molecule has 1 N–H and O–H groups in total. The minimum Gasteiger partial charge on any atom is -0.491 e. The van der Waals surface area contributed by atoms with E-state index in [2.05, 4.69) is 0 Å². The molecule has 1 aliphatic heterocycles. The molecule has 27 heavy (non-hydrogen) atoms. The minimum absolute atomic E-state index is 0.0652. The van der Waals surface area contributed by atoms with Crippen LogP contribution in [-0.2, 0) is 10.0 Å². The minimum atomic E-state index is -3.70. The number of ether oxygens (including phenoxy) is 1. The average Bonchev–Trinajstić information content (AvgIpc) is 2.90. The smallest absolute Gasteiger partial charge is 0.265 e. The van der Waals surface area contributed by atoms with Crippen molar-refractivity contribution in [3.8, 4) is 11.8 Å². The fourth-order valence-electron chi connectivity index (χ4n) is 3.22. The highest BCUT2D eigenvalue weighted by atomic mass is 32.2. The van der Waals surface area contributed by atoms with Gasteiger partial charge in [0.15, 0.2) is 0 Å². The molecule has 0 bridgehead atoms. The van der Waals surface area contributed by atoms with Crippen LogP contribution in [-0.4, -0.2) is 32.8 Å². The lowest BCUT2D eigenvalue weighted by atomic mass is 10.1. The molecule has 6 nitrogen and oxygen atoms in total. The summed E-state index contributed by atoms with van der Waals surface area (Å²) in [4.78, 5) is 0.260. The lowest BCUT2D eigenvalue weighted by Crippen LogP contribution is -2.37. The van der Waals surface area contributed by atoms with Crippen molar-refractivity contribution in [1.82, 2.24) is 0 Å². The number of rotatable bonds is 5. The second-order valence-electron chi connectivity index (χ2n) is 6.27. The summed E-state index contributed by atoms with van der Waals surface area (Å²) in [5, 5.41) is 20.7. The molecule has 7 heteroatoms. The lowest BCUT2D eigenvalue weighted by Gasteiger charge is -2.22. The Balaban J connectivity index is 1.52. The zero-order valence-electron chi connectivity index (χ0n) is 14.2. The Morgan fingerprint density at radius 2 is 1.78 bits per heavy atom. The molecule has 0 aliphatic carbocycles. The summed E-state index contributed by atoms with van der Waals surface area (Å²) in [6.07, 6.45) is -1.01. The number of anilines is 1. The van der Waals surface area contributed by atoms with Crippen LogP contribution in [0.4, 0.5) is 5.69 Å². The van der Waals surface area contributed by atoms with Crippen molar-refractivity contribution < 1.29 is 18.3 Å². The van der Waals surface area contributed by atoms with Gasteiger partial charge in [0.1, 0.15) is 18.5 Å². The maximum absolute atomic E-state index is 12.9. The standard InChI is InChI=1S/C20H16N2O4S/c21-11-14-7-9-17(10-8-14)26-13-16(23)12-22-18-5-1-3-15-4-2-6-19(20(15)18)27(22,24)25/h1-10,16,23H,12-13H2. The van der Waals surface area contributed by atoms with Crippen LogP contribution >= 0.6 is 0 Å². The summed E-state index contributed by atoms with van der Waals surface area (Å²) >= 11 is 0. The summed E-state index contributed by atoms with van der Waals surface area (Å²) < 4.78 is 32.5. The summed E-state index contributed by atoms with van der Waals surface area (Å²) in [6.45, 7) is -0.170. The fraction of sp³-hybridized carbons (Fsp3) is 0.150. The third kappa shape index (κ3) is 2.99. The van der Waals surface area contributed by atoms with E-state index in [1.165, 1.54) is 4.31 Å². The van der Waals surface area contributed by atoms with Crippen LogP contribution in [0.2, 0.25) is 0 Å². The Hall–Kier alpha value is -3.08. The van der Waals surface area contributed by atoms with Gasteiger partial charge in [-0.2, -0.15) is 5.26 Å². The molecule has 1 aliphatic rings. The van der Waals surface area contributed by atoms with E-state index >= 15 is 0 Å². The first-order valence-electron chi connectivity index (χ1n) is 8.36. The predicted molar refractivity (Wildman–Crippen MR) is 101 cm³/mol. The number of benzene rings is 3. The highest BCUT2D eigenvalue weighted by molar-refractivity contribution is 7.93. The van der Waals surface area contributed by atoms with Crippen molar-refractivity contribution in [2.24, 2.45) is 0 Å². The predicted octanol–water partition coefficient (Wildman–Crippen LogP) is 2.66. The van der Waals surface area contributed by atoms with Crippen LogP contribution in [0.15, 0.2) is 65.6 Å². The first-order chi connectivity index (χ1) is 13.0. The van der Waals surface area contributed by atoms with Crippen molar-refractivity contribution in [3.63, 3.8) is 0 Å². The molecule has 1 atom stereocenters. The van der Waals surface area contributed by atoms with Crippen LogP contribution in [0, 0.1) is 11.3 Å². The van der Waals surface area contributed by atoms with E-state index in [4.69, 9.17) is 10.00 Å². The zero-order valence-corrected chi connectivity index (χ0v) is 15.1. The number of nitrogens with zero attached hydrogens (tertiary/aromatic N) is 2. The number of sulfonamides is 1. The molecule has 0 spiro atoms. The monoisotopic (exact) mass is 380 g/mol. The number of hydrogen-bond acceptors (Lipinski definition) is 5. The largest absolute Gasteiger partial charge is 0.491 e. The Morgan fingerprint density at radius 3 is 2.48 bits per heavy atom. The molecule has 136 valence electrons. The highest BCUT2D eigenvalue weighted by Crippen LogP contribution is 2.41. The van der Waals surface area contributed by atoms with E-state index in [-0.39, 0.29) is 18.0 Å². The van der Waals surface area contributed by atoms with Crippen molar-refractivity contribution in [2.45, 2.75) is 11.0 Å². The number of nitriles is 1. The Bertz CT molecular complexity index is 1150. The summed E-state index contributed by atoms with van der Waals surface area (Å²) in [5.41, 5.74) is 1.08. The molecule has 3 aromatic carbocycles. The molecule has 0 fully saturated rings. The van der Waals surface area contributed by atoms with E-state index in [0.29, 0.717) is 22.4 Å². The van der Waals surface area contributed by atoms with E-state index in [0.717, 1.165) is 5.39 Å². The van der Waals surface area contributed by atoms with Gasteiger partial charge in [-0.3, -0.25) is 4.31 Å². The third-order valence-corrected chi connectivity index (χ3v) is 6.31. The molecule has 0 amide bonds. The Morgan fingerprint density at radius 1 is 1.07 bits per heavy atom. The highest BCUT2D eigenvalue weighted by Gasteiger charge is 2.36. The van der Waals surface area contributed by atoms with Gasteiger partial charge in [0.25, 0.3) is 10.0 Å². The summed E-state index contributed by atoms with van der Waals surface area (Å²) in [6, 6.07) is 19.1. The molecule has 0 saturated heterocycles. The third-order valence-electron chi connectivity index (χ3n) is 4.48. The molecule has 0 aromatic heterocycles. The maximum Gasteiger partial charge on any atom is 0.265 e. The first kappa shape index (κ1) is 17.3. The van der Waals surface area contributed by atoms with Crippen molar-refractivity contribution >= 4 is 26.5 Å². The van der Waals surface area contributed by atoms with Gasteiger partial charge >= 0.3 is 0 Å². The SMILES string of the molecule is N#Cc1ccc(OCC(O)CN2c3cccc4cccc(c34)S2(=O)=O)cc1. The van der Waals surface area contributed by atoms with Gasteiger partial charge in [0.05, 0.1) is 28.8 Å². The van der Waals surface area contributed by atoms with E-state index in [9.17, 15) is 13.5 Å². The maximum atomic E-state index is 12.9. The van der Waals surface area contributed by atoms with Gasteiger partial charge in [0.2, 0.25) is 0 Å². The number of β-amino-alcohol motifs (C(OH)–C–C–N with tert-alkyl or cyclic N) is 1. The summed E-state index contributed by atoms with van der Waals surface area (Å²) in [7, 11) is -3.70. The normalized spacial score (nSPS) is 15.5. The van der Waals surface area contributed by atoms with Gasteiger partial charge in [-0.05, 0) is 41.8 Å². The molecular weight excluding hydrogens is 364 g/mol. The van der Waals surface area contributed by atoms with Crippen molar-refractivity contribution in [1.29, 1.82) is 5.26 Å². The molecule has 1 unspecified atom stereocenters. The number of aliphatic hydroxyl groups is 1. The van der Waals surface area contributed by atoms with Crippen molar-refractivity contribution in [3.05, 3.63) is 66.2 Å². The molecule has 0 radical (unpaired) electrons. The van der Waals surface area contributed by atoms with Gasteiger partial charge in [-0.25, -0.2) is 8.42 Å². The van der Waals surface area contributed by atoms with E-state index in [1.807, 2.05) is 18.2 Å². The molecular formula is C20H16N2O4S. The molecule has 4 rings (SSSR count). The van der Waals surface area contributed by atoms with Crippen LogP contribution in [0.1, 0.15) is 5.56 Å². The Kier molecular flexibility index (Phi) is 4.22. The lowest BCUT2D eigenvalue weighted by molar-refractivity contribution is 0.115. The van der Waals surface area contributed by atoms with E-state index < -0.39 is 16.1 Å². The van der Waals surface area contributed by atoms with Gasteiger partial charge in [-0.15, -0.1) is 0 Å². The Labute approximate surface area is 156 Å². The van der Waals surface area contributed by atoms with Crippen LogP contribution in [0.25, 0.3) is 10.8 Å². The average molecular weight is 380 g/mol.